The maximum absolute atomic E-state index is 10.8. The van der Waals surface area contributed by atoms with E-state index >= 15 is 0 Å². The van der Waals surface area contributed by atoms with E-state index in [1.54, 1.807) is 0 Å². The first-order chi connectivity index (χ1) is 6.74. The quantitative estimate of drug-likeness (QED) is 0.761. The molecule has 1 N–H and O–H groups in total. The van der Waals surface area contributed by atoms with Gasteiger partial charge in [-0.05, 0) is 31.2 Å². The van der Waals surface area contributed by atoms with Gasteiger partial charge in [-0.25, -0.2) is 4.79 Å². The minimum absolute atomic E-state index is 0.215. The Morgan fingerprint density at radius 3 is 2.71 bits per heavy atom. The molecule has 0 aliphatic heterocycles. The molecule has 3 nitrogen and oxygen atoms in total. The van der Waals surface area contributed by atoms with Gasteiger partial charge in [0, 0.05) is 10.4 Å². The zero-order valence-electron chi connectivity index (χ0n) is 7.58. The maximum Gasteiger partial charge on any atom is 0.346 e. The summed E-state index contributed by atoms with van der Waals surface area (Å²) in [5.74, 6) is -0.980. The van der Waals surface area contributed by atoms with Gasteiger partial charge in [-0.15, -0.1) is 11.3 Å². The minimum atomic E-state index is -0.980. The van der Waals surface area contributed by atoms with Crippen molar-refractivity contribution in [1.82, 2.24) is 0 Å². The number of thiophene rings is 1. The lowest BCUT2D eigenvalue weighted by Crippen LogP contribution is -2.02. The normalized spacial score (nSPS) is 14.9. The number of aldehydes is 1. The van der Waals surface area contributed by atoms with Crippen molar-refractivity contribution in [3.05, 3.63) is 20.9 Å². The van der Waals surface area contributed by atoms with E-state index in [1.807, 2.05) is 0 Å². The summed E-state index contributed by atoms with van der Waals surface area (Å²) in [6.45, 7) is 0. The van der Waals surface area contributed by atoms with Gasteiger partial charge in [0.25, 0.3) is 0 Å². The molecule has 0 amide bonds. The van der Waals surface area contributed by atoms with Gasteiger partial charge in [-0.2, -0.15) is 0 Å². The fourth-order valence-electron chi connectivity index (χ4n) is 1.87. The van der Waals surface area contributed by atoms with Crippen molar-refractivity contribution >= 4 is 23.6 Å². The predicted molar refractivity (Wildman–Crippen MR) is 53.3 cm³/mol. The third-order valence-electron chi connectivity index (χ3n) is 2.52. The van der Waals surface area contributed by atoms with Crippen molar-refractivity contribution in [3.63, 3.8) is 0 Å². The molecule has 0 aromatic carbocycles. The largest absolute Gasteiger partial charge is 0.477 e. The number of carbonyl (C=O) groups is 2. The fraction of sp³-hybridized carbons (Fsp3) is 0.400. The summed E-state index contributed by atoms with van der Waals surface area (Å²) in [5, 5.41) is 8.90. The highest BCUT2D eigenvalue weighted by molar-refractivity contribution is 7.14. The van der Waals surface area contributed by atoms with Crippen LogP contribution in [0.2, 0.25) is 0 Å². The number of aryl methyl sites for hydroxylation is 1. The van der Waals surface area contributed by atoms with E-state index in [0.29, 0.717) is 11.8 Å². The van der Waals surface area contributed by atoms with Crippen molar-refractivity contribution in [2.24, 2.45) is 0 Å². The Labute approximate surface area is 85.4 Å². The Bertz CT molecular complexity index is 392. The first-order valence-corrected chi connectivity index (χ1v) is 5.38. The summed E-state index contributed by atoms with van der Waals surface area (Å²) in [5.41, 5.74) is 1.39. The molecule has 0 bridgehead atoms. The van der Waals surface area contributed by atoms with Crippen LogP contribution in [0, 0.1) is 0 Å². The molecule has 0 fully saturated rings. The molecular weight excluding hydrogens is 200 g/mol. The Hall–Kier alpha value is -1.16. The van der Waals surface area contributed by atoms with Gasteiger partial charge in [0.15, 0.2) is 6.29 Å². The lowest BCUT2D eigenvalue weighted by atomic mass is 9.95. The second kappa shape index (κ2) is 3.53. The Morgan fingerprint density at radius 2 is 2.07 bits per heavy atom. The number of aromatic carboxylic acids is 1. The molecule has 4 heteroatoms. The molecule has 74 valence electrons. The van der Waals surface area contributed by atoms with Crippen LogP contribution in [0.25, 0.3) is 0 Å². The van der Waals surface area contributed by atoms with E-state index in [4.69, 9.17) is 5.11 Å². The maximum atomic E-state index is 10.8. The summed E-state index contributed by atoms with van der Waals surface area (Å²) in [4.78, 5) is 23.0. The van der Waals surface area contributed by atoms with Crippen molar-refractivity contribution < 1.29 is 14.7 Å². The molecule has 0 atom stereocenters. The molecule has 1 heterocycles. The standard InChI is InChI=1S/C10H10O3S/c11-5-7-6-3-1-2-4-8(6)14-9(7)10(12)13/h5H,1-4H2,(H,12,13). The number of rotatable bonds is 2. The lowest BCUT2D eigenvalue weighted by molar-refractivity contribution is 0.0699. The van der Waals surface area contributed by atoms with Crippen LogP contribution in [0.3, 0.4) is 0 Å². The van der Waals surface area contributed by atoms with Crippen LogP contribution in [-0.2, 0) is 12.8 Å². The van der Waals surface area contributed by atoms with E-state index < -0.39 is 5.97 Å². The first kappa shape index (κ1) is 9.40. The van der Waals surface area contributed by atoms with Crippen LogP contribution in [0.4, 0.5) is 0 Å². The number of hydrogen-bond donors (Lipinski definition) is 1. The van der Waals surface area contributed by atoms with E-state index in [2.05, 4.69) is 0 Å². The molecule has 1 aromatic heterocycles. The monoisotopic (exact) mass is 210 g/mol. The van der Waals surface area contributed by atoms with Crippen LogP contribution < -0.4 is 0 Å². The average Bonchev–Trinajstić information content (AvgIpc) is 2.56. The number of hydrogen-bond acceptors (Lipinski definition) is 3. The average molecular weight is 210 g/mol. The predicted octanol–water partition coefficient (Wildman–Crippen LogP) is 2.14. The van der Waals surface area contributed by atoms with Gasteiger partial charge in [-0.1, -0.05) is 0 Å². The summed E-state index contributed by atoms with van der Waals surface area (Å²) in [7, 11) is 0. The number of carboxylic acid groups (broad SMARTS) is 1. The molecule has 0 radical (unpaired) electrons. The van der Waals surface area contributed by atoms with Crippen molar-refractivity contribution in [1.29, 1.82) is 0 Å². The van der Waals surface area contributed by atoms with Crippen LogP contribution >= 0.6 is 11.3 Å². The molecule has 2 rings (SSSR count). The smallest absolute Gasteiger partial charge is 0.346 e. The van der Waals surface area contributed by atoms with Gasteiger partial charge in [0.05, 0.1) is 0 Å². The SMILES string of the molecule is O=Cc1c(C(=O)O)sc2c1CCCC2. The topological polar surface area (TPSA) is 54.4 Å². The van der Waals surface area contributed by atoms with Crippen LogP contribution in [-0.4, -0.2) is 17.4 Å². The van der Waals surface area contributed by atoms with Gasteiger partial charge in [-0.3, -0.25) is 4.79 Å². The minimum Gasteiger partial charge on any atom is -0.477 e. The summed E-state index contributed by atoms with van der Waals surface area (Å²) < 4.78 is 0. The van der Waals surface area contributed by atoms with Gasteiger partial charge >= 0.3 is 5.97 Å². The van der Waals surface area contributed by atoms with Gasteiger partial charge < -0.3 is 5.11 Å². The van der Waals surface area contributed by atoms with E-state index in [9.17, 15) is 9.59 Å². The van der Waals surface area contributed by atoms with Crippen LogP contribution in [0.5, 0.6) is 0 Å². The molecule has 0 saturated carbocycles. The second-order valence-electron chi connectivity index (χ2n) is 3.38. The summed E-state index contributed by atoms with van der Waals surface area (Å²) in [6.07, 6.45) is 4.62. The molecule has 0 spiro atoms. The number of carboxylic acids is 1. The number of carbonyl (C=O) groups excluding carboxylic acids is 1. The molecule has 0 saturated heterocycles. The second-order valence-corrected chi connectivity index (χ2v) is 4.48. The first-order valence-electron chi connectivity index (χ1n) is 4.57. The molecule has 0 unspecified atom stereocenters. The number of fused-ring (bicyclic) bond motifs is 1. The van der Waals surface area contributed by atoms with E-state index in [-0.39, 0.29) is 4.88 Å². The fourth-order valence-corrected chi connectivity index (χ4v) is 3.07. The van der Waals surface area contributed by atoms with Crippen LogP contribution in [0.15, 0.2) is 0 Å². The highest BCUT2D eigenvalue weighted by Gasteiger charge is 2.23. The summed E-state index contributed by atoms with van der Waals surface area (Å²) >= 11 is 1.26. The Balaban J connectivity index is 2.57. The highest BCUT2D eigenvalue weighted by Crippen LogP contribution is 2.33. The highest BCUT2D eigenvalue weighted by atomic mass is 32.1. The molecular formula is C10H10O3S. The zero-order chi connectivity index (χ0) is 10.1. The molecule has 1 aliphatic carbocycles. The Kier molecular flexibility index (Phi) is 2.37. The third kappa shape index (κ3) is 1.35. The summed E-state index contributed by atoms with van der Waals surface area (Å²) in [6, 6.07) is 0. The van der Waals surface area contributed by atoms with Crippen molar-refractivity contribution in [3.8, 4) is 0 Å². The van der Waals surface area contributed by atoms with Crippen LogP contribution in [0.1, 0.15) is 43.3 Å². The Morgan fingerprint density at radius 1 is 1.36 bits per heavy atom. The van der Waals surface area contributed by atoms with Gasteiger partial charge in [0.2, 0.25) is 0 Å². The van der Waals surface area contributed by atoms with Crippen molar-refractivity contribution in [2.75, 3.05) is 0 Å². The molecule has 1 aliphatic rings. The van der Waals surface area contributed by atoms with E-state index in [0.717, 1.165) is 36.1 Å². The zero-order valence-corrected chi connectivity index (χ0v) is 8.39. The molecule has 1 aromatic rings. The van der Waals surface area contributed by atoms with Crippen molar-refractivity contribution in [2.45, 2.75) is 25.7 Å². The van der Waals surface area contributed by atoms with E-state index in [1.165, 1.54) is 11.3 Å². The molecule has 14 heavy (non-hydrogen) atoms. The lowest BCUT2D eigenvalue weighted by Gasteiger charge is -2.10. The third-order valence-corrected chi connectivity index (χ3v) is 3.82. The van der Waals surface area contributed by atoms with Gasteiger partial charge in [0.1, 0.15) is 4.88 Å².